The Labute approximate surface area is 98.1 Å². The molecule has 0 spiro atoms. The Morgan fingerprint density at radius 3 is 2.53 bits per heavy atom. The Kier molecular flexibility index (Phi) is 2.45. The average Bonchev–Trinajstić information content (AvgIpc) is 2.71. The molecule has 0 radical (unpaired) electrons. The van der Waals surface area contributed by atoms with Gasteiger partial charge < -0.3 is 19.7 Å². The van der Waals surface area contributed by atoms with Crippen LogP contribution in [0.3, 0.4) is 0 Å². The van der Waals surface area contributed by atoms with Crippen molar-refractivity contribution < 1.29 is 14.0 Å². The number of aromatic nitrogens is 1. The van der Waals surface area contributed by atoms with Crippen LogP contribution in [0.1, 0.15) is 0 Å². The normalized spacial score (nSPS) is 15.5. The Balaban J connectivity index is 1.77. The highest BCUT2D eigenvalue weighted by atomic mass is 16.6. The lowest BCUT2D eigenvalue weighted by Crippen LogP contribution is -2.38. The number of ether oxygens (including phenoxy) is 2. The van der Waals surface area contributed by atoms with E-state index in [1.165, 1.54) is 0 Å². The van der Waals surface area contributed by atoms with E-state index in [2.05, 4.69) is 5.16 Å². The molecule has 0 bridgehead atoms. The number of anilines is 1. The first-order chi connectivity index (χ1) is 8.33. The van der Waals surface area contributed by atoms with E-state index < -0.39 is 0 Å². The standard InChI is InChI=1S/C12H12N2O3/c13-12-11(5-14-17-12)8-1-3-9(4-2-8)16-10-6-15-7-10/h1-5,10H,6-7,13H2. The van der Waals surface area contributed by atoms with E-state index >= 15 is 0 Å². The van der Waals surface area contributed by atoms with Crippen molar-refractivity contribution in [3.8, 4) is 16.9 Å². The summed E-state index contributed by atoms with van der Waals surface area (Å²) in [7, 11) is 0. The Bertz CT molecular complexity index is 503. The van der Waals surface area contributed by atoms with Crippen LogP contribution in [0.2, 0.25) is 0 Å². The quantitative estimate of drug-likeness (QED) is 0.872. The first-order valence-corrected chi connectivity index (χ1v) is 5.38. The van der Waals surface area contributed by atoms with Crippen molar-refractivity contribution in [1.29, 1.82) is 0 Å². The largest absolute Gasteiger partial charge is 0.486 e. The molecule has 2 heterocycles. The minimum absolute atomic E-state index is 0.182. The molecule has 1 fully saturated rings. The molecule has 2 N–H and O–H groups in total. The van der Waals surface area contributed by atoms with Gasteiger partial charge in [-0.2, -0.15) is 0 Å². The number of nitrogens with two attached hydrogens (primary N) is 1. The smallest absolute Gasteiger partial charge is 0.229 e. The summed E-state index contributed by atoms with van der Waals surface area (Å²) in [6.07, 6.45) is 1.78. The van der Waals surface area contributed by atoms with Crippen LogP contribution in [0.4, 0.5) is 5.88 Å². The maximum atomic E-state index is 5.66. The zero-order valence-electron chi connectivity index (χ0n) is 9.13. The lowest BCUT2D eigenvalue weighted by atomic mass is 10.1. The van der Waals surface area contributed by atoms with E-state index in [0.29, 0.717) is 19.1 Å². The monoisotopic (exact) mass is 232 g/mol. The van der Waals surface area contributed by atoms with Gasteiger partial charge in [0.05, 0.1) is 25.0 Å². The van der Waals surface area contributed by atoms with Crippen LogP contribution in [0.25, 0.3) is 11.1 Å². The first kappa shape index (κ1) is 10.2. The molecular weight excluding hydrogens is 220 g/mol. The lowest BCUT2D eigenvalue weighted by molar-refractivity contribution is -0.0796. The molecule has 0 atom stereocenters. The van der Waals surface area contributed by atoms with Gasteiger partial charge in [0.15, 0.2) is 0 Å². The molecule has 17 heavy (non-hydrogen) atoms. The Morgan fingerprint density at radius 1 is 1.24 bits per heavy atom. The topological polar surface area (TPSA) is 70.5 Å². The SMILES string of the molecule is Nc1oncc1-c1ccc(OC2COC2)cc1. The molecule has 5 nitrogen and oxygen atoms in total. The molecule has 1 aromatic heterocycles. The fourth-order valence-electron chi connectivity index (χ4n) is 1.65. The van der Waals surface area contributed by atoms with Crippen molar-refractivity contribution in [2.24, 2.45) is 0 Å². The molecule has 5 heteroatoms. The van der Waals surface area contributed by atoms with E-state index in [1.54, 1.807) is 6.20 Å². The van der Waals surface area contributed by atoms with Gasteiger partial charge in [0.25, 0.3) is 0 Å². The second-order valence-electron chi connectivity index (χ2n) is 3.91. The van der Waals surface area contributed by atoms with Crippen LogP contribution in [0.15, 0.2) is 35.0 Å². The van der Waals surface area contributed by atoms with Crippen molar-refractivity contribution in [2.75, 3.05) is 18.9 Å². The number of nitrogens with zero attached hydrogens (tertiary/aromatic N) is 1. The molecule has 2 aromatic rings. The van der Waals surface area contributed by atoms with Crippen LogP contribution >= 0.6 is 0 Å². The van der Waals surface area contributed by atoms with E-state index in [1.807, 2.05) is 24.3 Å². The van der Waals surface area contributed by atoms with Gasteiger partial charge >= 0.3 is 0 Å². The number of rotatable bonds is 3. The maximum absolute atomic E-state index is 5.66. The van der Waals surface area contributed by atoms with Gasteiger partial charge in [-0.15, -0.1) is 0 Å². The Hall–Kier alpha value is -2.01. The summed E-state index contributed by atoms with van der Waals surface area (Å²) in [5, 5.41) is 3.64. The van der Waals surface area contributed by atoms with Gasteiger partial charge in [-0.05, 0) is 17.7 Å². The van der Waals surface area contributed by atoms with Crippen LogP contribution < -0.4 is 10.5 Å². The van der Waals surface area contributed by atoms with Crippen molar-refractivity contribution in [1.82, 2.24) is 5.16 Å². The van der Waals surface area contributed by atoms with Gasteiger partial charge in [-0.1, -0.05) is 17.3 Å². The fourth-order valence-corrected chi connectivity index (χ4v) is 1.65. The summed E-state index contributed by atoms with van der Waals surface area (Å²) in [6, 6.07) is 7.66. The van der Waals surface area contributed by atoms with Crippen LogP contribution in [0, 0.1) is 0 Å². The average molecular weight is 232 g/mol. The molecular formula is C12H12N2O3. The van der Waals surface area contributed by atoms with E-state index in [-0.39, 0.29) is 6.10 Å². The maximum Gasteiger partial charge on any atom is 0.229 e. The van der Waals surface area contributed by atoms with Crippen LogP contribution in [-0.2, 0) is 4.74 Å². The van der Waals surface area contributed by atoms with Crippen molar-refractivity contribution in [3.63, 3.8) is 0 Å². The highest BCUT2D eigenvalue weighted by Gasteiger charge is 2.19. The summed E-state index contributed by atoms with van der Waals surface area (Å²) in [6.45, 7) is 1.33. The third-order valence-electron chi connectivity index (χ3n) is 2.67. The highest BCUT2D eigenvalue weighted by Crippen LogP contribution is 2.27. The van der Waals surface area contributed by atoms with Crippen LogP contribution in [0.5, 0.6) is 5.75 Å². The molecule has 0 amide bonds. The predicted octanol–water partition coefficient (Wildman–Crippen LogP) is 1.70. The van der Waals surface area contributed by atoms with Gasteiger partial charge in [0.2, 0.25) is 5.88 Å². The summed E-state index contributed by atoms with van der Waals surface area (Å²) in [5.41, 5.74) is 7.40. The minimum atomic E-state index is 0.182. The summed E-state index contributed by atoms with van der Waals surface area (Å²) >= 11 is 0. The van der Waals surface area contributed by atoms with E-state index in [9.17, 15) is 0 Å². The second kappa shape index (κ2) is 4.10. The summed E-state index contributed by atoms with van der Waals surface area (Å²) in [4.78, 5) is 0. The molecule has 0 unspecified atom stereocenters. The van der Waals surface area contributed by atoms with Gasteiger partial charge in [-0.25, -0.2) is 0 Å². The summed E-state index contributed by atoms with van der Waals surface area (Å²) in [5.74, 6) is 1.16. The molecule has 0 saturated carbocycles. The van der Waals surface area contributed by atoms with Gasteiger partial charge in [0, 0.05) is 0 Å². The van der Waals surface area contributed by atoms with Crippen molar-refractivity contribution in [2.45, 2.75) is 6.10 Å². The van der Waals surface area contributed by atoms with Gasteiger partial charge in [-0.3, -0.25) is 0 Å². The summed E-state index contributed by atoms with van der Waals surface area (Å²) < 4.78 is 15.5. The molecule has 1 aliphatic heterocycles. The number of benzene rings is 1. The molecule has 1 saturated heterocycles. The number of nitrogen functional groups attached to an aromatic ring is 1. The van der Waals surface area contributed by atoms with Gasteiger partial charge in [0.1, 0.15) is 11.9 Å². The molecule has 1 aliphatic rings. The third-order valence-corrected chi connectivity index (χ3v) is 2.67. The number of hydrogen-bond donors (Lipinski definition) is 1. The van der Waals surface area contributed by atoms with E-state index in [4.69, 9.17) is 19.7 Å². The predicted molar refractivity (Wildman–Crippen MR) is 61.6 cm³/mol. The molecule has 88 valence electrons. The third kappa shape index (κ3) is 1.97. The zero-order valence-corrected chi connectivity index (χ0v) is 9.13. The molecule has 3 rings (SSSR count). The molecule has 0 aliphatic carbocycles. The van der Waals surface area contributed by atoms with E-state index in [0.717, 1.165) is 16.9 Å². The first-order valence-electron chi connectivity index (χ1n) is 5.38. The molecule has 1 aromatic carbocycles. The number of hydrogen-bond acceptors (Lipinski definition) is 5. The Morgan fingerprint density at radius 2 is 2.00 bits per heavy atom. The van der Waals surface area contributed by atoms with Crippen molar-refractivity contribution in [3.05, 3.63) is 30.5 Å². The fraction of sp³-hybridized carbons (Fsp3) is 0.250. The second-order valence-corrected chi connectivity index (χ2v) is 3.91. The lowest BCUT2D eigenvalue weighted by Gasteiger charge is -2.26. The minimum Gasteiger partial charge on any atom is -0.486 e. The zero-order chi connectivity index (χ0) is 11.7. The van der Waals surface area contributed by atoms with Crippen LogP contribution in [-0.4, -0.2) is 24.5 Å². The van der Waals surface area contributed by atoms with Crippen molar-refractivity contribution >= 4 is 5.88 Å². The highest BCUT2D eigenvalue weighted by molar-refractivity contribution is 5.72.